The van der Waals surface area contributed by atoms with Crippen molar-refractivity contribution in [1.29, 1.82) is 5.26 Å². The fourth-order valence-electron chi connectivity index (χ4n) is 2.25. The molecule has 1 aliphatic carbocycles. The van der Waals surface area contributed by atoms with E-state index in [2.05, 4.69) is 11.4 Å². The molecule has 0 bridgehead atoms. The van der Waals surface area contributed by atoms with Crippen LogP contribution in [0.25, 0.3) is 0 Å². The predicted molar refractivity (Wildman–Crippen MR) is 71.9 cm³/mol. The van der Waals surface area contributed by atoms with Gasteiger partial charge in [0.2, 0.25) is 0 Å². The molecular formula is C14H15ClN2O2. The fourth-order valence-corrected chi connectivity index (χ4v) is 2.43. The minimum Gasteiger partial charge on any atom is -0.484 e. The summed E-state index contributed by atoms with van der Waals surface area (Å²) in [5, 5.41) is 12.5. The van der Waals surface area contributed by atoms with E-state index in [1.807, 2.05) is 0 Å². The van der Waals surface area contributed by atoms with Gasteiger partial charge in [0.1, 0.15) is 11.3 Å². The number of nitrogens with one attached hydrogen (secondary N) is 1. The summed E-state index contributed by atoms with van der Waals surface area (Å²) in [4.78, 5) is 11.8. The van der Waals surface area contributed by atoms with Crippen molar-refractivity contribution in [1.82, 2.24) is 5.32 Å². The van der Waals surface area contributed by atoms with Crippen LogP contribution in [0.2, 0.25) is 5.02 Å². The van der Waals surface area contributed by atoms with Gasteiger partial charge in [0.15, 0.2) is 6.61 Å². The Bertz CT molecular complexity index is 504. The summed E-state index contributed by atoms with van der Waals surface area (Å²) >= 11 is 5.82. The van der Waals surface area contributed by atoms with E-state index in [0.29, 0.717) is 23.6 Å². The average molecular weight is 279 g/mol. The average Bonchev–Trinajstić information content (AvgIpc) is 2.86. The van der Waals surface area contributed by atoms with E-state index < -0.39 is 5.54 Å². The topological polar surface area (TPSA) is 62.1 Å². The summed E-state index contributed by atoms with van der Waals surface area (Å²) in [6.07, 6.45) is 3.38. The number of nitriles is 1. The number of benzene rings is 1. The minimum atomic E-state index is -0.700. The molecule has 0 radical (unpaired) electrons. The highest BCUT2D eigenvalue weighted by molar-refractivity contribution is 6.30. The first-order valence-electron chi connectivity index (χ1n) is 6.24. The van der Waals surface area contributed by atoms with Crippen molar-refractivity contribution >= 4 is 17.5 Å². The number of carbonyl (C=O) groups is 1. The van der Waals surface area contributed by atoms with Gasteiger partial charge in [-0.05, 0) is 43.9 Å². The highest BCUT2D eigenvalue weighted by Crippen LogP contribution is 2.28. The van der Waals surface area contributed by atoms with Crippen LogP contribution in [0.4, 0.5) is 0 Å². The number of carbonyl (C=O) groups excluding carboxylic acids is 1. The van der Waals surface area contributed by atoms with Crippen LogP contribution >= 0.6 is 11.6 Å². The summed E-state index contributed by atoms with van der Waals surface area (Å²) < 4.78 is 5.34. The second-order valence-corrected chi connectivity index (χ2v) is 5.13. The van der Waals surface area contributed by atoms with Crippen LogP contribution in [0, 0.1) is 11.3 Å². The Kier molecular flexibility index (Phi) is 4.28. The van der Waals surface area contributed by atoms with Gasteiger partial charge in [-0.2, -0.15) is 5.26 Å². The van der Waals surface area contributed by atoms with Gasteiger partial charge in [-0.1, -0.05) is 17.7 Å². The maximum absolute atomic E-state index is 11.8. The molecule has 0 heterocycles. The van der Waals surface area contributed by atoms with Crippen LogP contribution in [-0.4, -0.2) is 18.1 Å². The van der Waals surface area contributed by atoms with Crippen LogP contribution < -0.4 is 10.1 Å². The first kappa shape index (κ1) is 13.7. The predicted octanol–water partition coefficient (Wildman–Crippen LogP) is 2.67. The van der Waals surface area contributed by atoms with Crippen LogP contribution in [0.3, 0.4) is 0 Å². The first-order chi connectivity index (χ1) is 9.13. The van der Waals surface area contributed by atoms with Gasteiger partial charge in [0, 0.05) is 5.02 Å². The molecule has 1 aromatic carbocycles. The zero-order valence-electron chi connectivity index (χ0n) is 10.5. The Hall–Kier alpha value is -1.73. The van der Waals surface area contributed by atoms with E-state index in [1.165, 1.54) is 0 Å². The van der Waals surface area contributed by atoms with Crippen molar-refractivity contribution in [2.24, 2.45) is 0 Å². The molecular weight excluding hydrogens is 264 g/mol. The van der Waals surface area contributed by atoms with E-state index >= 15 is 0 Å². The summed E-state index contributed by atoms with van der Waals surface area (Å²) in [5.74, 6) is 0.267. The van der Waals surface area contributed by atoms with Crippen molar-refractivity contribution in [3.05, 3.63) is 29.3 Å². The molecule has 0 aliphatic heterocycles. The van der Waals surface area contributed by atoms with Gasteiger partial charge in [-0.25, -0.2) is 0 Å². The number of ether oxygens (including phenoxy) is 1. The Morgan fingerprint density at radius 2 is 2.21 bits per heavy atom. The molecule has 0 spiro atoms. The molecule has 19 heavy (non-hydrogen) atoms. The third kappa shape index (κ3) is 3.62. The molecule has 1 N–H and O–H groups in total. The zero-order chi connectivity index (χ0) is 13.7. The molecule has 5 heteroatoms. The second-order valence-electron chi connectivity index (χ2n) is 4.70. The highest BCUT2D eigenvalue weighted by atomic mass is 35.5. The van der Waals surface area contributed by atoms with Crippen molar-refractivity contribution < 1.29 is 9.53 Å². The summed E-state index contributed by atoms with van der Waals surface area (Å²) in [6, 6.07) is 9.07. The van der Waals surface area contributed by atoms with Gasteiger partial charge in [0.25, 0.3) is 5.91 Å². The maximum atomic E-state index is 11.8. The SMILES string of the molecule is N#CC1(NC(=O)COc2cccc(Cl)c2)CCCC1. The van der Waals surface area contributed by atoms with Gasteiger partial charge in [-0.3, -0.25) is 4.79 Å². The molecule has 1 aliphatic rings. The fraction of sp³-hybridized carbons (Fsp3) is 0.429. The molecule has 1 fully saturated rings. The van der Waals surface area contributed by atoms with E-state index in [0.717, 1.165) is 12.8 Å². The molecule has 0 saturated heterocycles. The number of halogens is 1. The largest absolute Gasteiger partial charge is 0.484 e. The van der Waals surface area contributed by atoms with Gasteiger partial charge in [0.05, 0.1) is 6.07 Å². The lowest BCUT2D eigenvalue weighted by molar-refractivity contribution is -0.124. The quantitative estimate of drug-likeness (QED) is 0.921. The van der Waals surface area contributed by atoms with E-state index in [1.54, 1.807) is 24.3 Å². The lowest BCUT2D eigenvalue weighted by Gasteiger charge is -2.21. The number of rotatable bonds is 4. The van der Waals surface area contributed by atoms with Crippen molar-refractivity contribution in [3.8, 4) is 11.8 Å². The van der Waals surface area contributed by atoms with Gasteiger partial charge in [-0.15, -0.1) is 0 Å². The Morgan fingerprint density at radius 1 is 1.47 bits per heavy atom. The minimum absolute atomic E-state index is 0.107. The smallest absolute Gasteiger partial charge is 0.259 e. The Balaban J connectivity index is 1.87. The van der Waals surface area contributed by atoms with Gasteiger partial charge < -0.3 is 10.1 Å². The summed E-state index contributed by atoms with van der Waals surface area (Å²) in [6.45, 7) is -0.107. The van der Waals surface area contributed by atoms with E-state index in [4.69, 9.17) is 21.6 Å². The lowest BCUT2D eigenvalue weighted by Crippen LogP contribution is -2.47. The lowest BCUT2D eigenvalue weighted by atomic mass is 10.00. The van der Waals surface area contributed by atoms with Crippen molar-refractivity contribution in [2.45, 2.75) is 31.2 Å². The third-order valence-electron chi connectivity index (χ3n) is 3.22. The third-order valence-corrected chi connectivity index (χ3v) is 3.45. The maximum Gasteiger partial charge on any atom is 0.259 e. The van der Waals surface area contributed by atoms with Crippen molar-refractivity contribution in [3.63, 3.8) is 0 Å². The molecule has 1 amide bonds. The molecule has 4 nitrogen and oxygen atoms in total. The first-order valence-corrected chi connectivity index (χ1v) is 6.62. The number of hydrogen-bond donors (Lipinski definition) is 1. The summed E-state index contributed by atoms with van der Waals surface area (Å²) in [5.41, 5.74) is -0.700. The zero-order valence-corrected chi connectivity index (χ0v) is 11.2. The Labute approximate surface area is 117 Å². The number of hydrogen-bond acceptors (Lipinski definition) is 3. The Morgan fingerprint density at radius 3 is 2.84 bits per heavy atom. The molecule has 0 unspecified atom stereocenters. The van der Waals surface area contributed by atoms with Crippen LogP contribution in [0.5, 0.6) is 5.75 Å². The molecule has 2 rings (SSSR count). The number of nitrogens with zero attached hydrogens (tertiary/aromatic N) is 1. The standard InChI is InChI=1S/C14H15ClN2O2/c15-11-4-3-5-12(8-11)19-9-13(18)17-14(10-16)6-1-2-7-14/h3-5,8H,1-2,6-7,9H2,(H,17,18). The molecule has 1 aromatic rings. The summed E-state index contributed by atoms with van der Waals surface area (Å²) in [7, 11) is 0. The highest BCUT2D eigenvalue weighted by Gasteiger charge is 2.35. The molecule has 1 saturated carbocycles. The molecule has 0 aromatic heterocycles. The van der Waals surface area contributed by atoms with Crippen LogP contribution in [0.1, 0.15) is 25.7 Å². The van der Waals surface area contributed by atoms with Crippen LogP contribution in [-0.2, 0) is 4.79 Å². The van der Waals surface area contributed by atoms with E-state index in [-0.39, 0.29) is 12.5 Å². The number of amides is 1. The van der Waals surface area contributed by atoms with E-state index in [9.17, 15) is 4.79 Å². The normalized spacial score (nSPS) is 16.6. The molecule has 0 atom stereocenters. The second kappa shape index (κ2) is 5.94. The van der Waals surface area contributed by atoms with Crippen LogP contribution in [0.15, 0.2) is 24.3 Å². The molecule has 100 valence electrons. The van der Waals surface area contributed by atoms with Gasteiger partial charge >= 0.3 is 0 Å². The van der Waals surface area contributed by atoms with Crippen molar-refractivity contribution in [2.75, 3.05) is 6.61 Å². The monoisotopic (exact) mass is 278 g/mol.